The van der Waals surface area contributed by atoms with Crippen LogP contribution in [0.4, 0.5) is 11.4 Å². The highest BCUT2D eigenvalue weighted by Gasteiger charge is 2.14. The quantitative estimate of drug-likeness (QED) is 0.376. The van der Waals surface area contributed by atoms with Gasteiger partial charge in [-0.05, 0) is 77.3 Å². The second-order valence-electron chi connectivity index (χ2n) is 7.13. The molecule has 3 aromatic rings. The molecule has 0 fully saturated rings. The van der Waals surface area contributed by atoms with Crippen molar-refractivity contribution in [3.05, 3.63) is 80.8 Å². The summed E-state index contributed by atoms with van der Waals surface area (Å²) in [6, 6.07) is 17.4. The first kappa shape index (κ1) is 23.0. The van der Waals surface area contributed by atoms with Crippen LogP contribution >= 0.6 is 27.5 Å². The monoisotopic (exact) mass is 502 g/mol. The molecule has 0 unspecified atom stereocenters. The molecule has 0 saturated carbocycles. The summed E-state index contributed by atoms with van der Waals surface area (Å²) in [6.45, 7) is 4.41. The molecular weight excluding hydrogens is 480 g/mol. The highest BCUT2D eigenvalue weighted by molar-refractivity contribution is 9.10. The lowest BCUT2D eigenvalue weighted by atomic mass is 10.2. The molecular formula is C24H24BrClN2O3. The van der Waals surface area contributed by atoms with Gasteiger partial charge in [-0.1, -0.05) is 35.4 Å². The number of rotatable bonds is 8. The number of methoxy groups -OCH3 is 1. The molecule has 3 rings (SSSR count). The molecule has 7 heteroatoms. The lowest BCUT2D eigenvalue weighted by molar-refractivity contribution is -0.118. The van der Waals surface area contributed by atoms with Gasteiger partial charge >= 0.3 is 0 Å². The minimum absolute atomic E-state index is 0.165. The maximum Gasteiger partial charge on any atom is 0.262 e. The Kier molecular flexibility index (Phi) is 7.82. The van der Waals surface area contributed by atoms with Gasteiger partial charge in [-0.2, -0.15) is 0 Å². The fourth-order valence-electron chi connectivity index (χ4n) is 2.90. The van der Waals surface area contributed by atoms with E-state index in [1.165, 1.54) is 5.56 Å². The summed E-state index contributed by atoms with van der Waals surface area (Å²) in [5, 5.41) is 6.75. The summed E-state index contributed by atoms with van der Waals surface area (Å²) in [5.41, 5.74) is 4.82. The average Bonchev–Trinajstić information content (AvgIpc) is 2.74. The molecule has 5 nitrogen and oxygen atoms in total. The SMILES string of the molecule is COc1cc(CNc2ccc(C)cc2)cc(Br)c1OCC(=O)Nc1ccc(C)c(Cl)c1. The van der Waals surface area contributed by atoms with Crippen LogP contribution < -0.4 is 20.1 Å². The fraction of sp³-hybridized carbons (Fsp3) is 0.208. The van der Waals surface area contributed by atoms with Gasteiger partial charge in [0.05, 0.1) is 11.6 Å². The number of benzene rings is 3. The molecule has 0 aliphatic carbocycles. The molecule has 0 bridgehead atoms. The van der Waals surface area contributed by atoms with Gasteiger partial charge in [-0.25, -0.2) is 0 Å². The first-order valence-corrected chi connectivity index (χ1v) is 10.9. The second-order valence-corrected chi connectivity index (χ2v) is 8.39. The first-order chi connectivity index (χ1) is 14.9. The normalized spacial score (nSPS) is 10.5. The topological polar surface area (TPSA) is 59.6 Å². The lowest BCUT2D eigenvalue weighted by Gasteiger charge is -2.15. The molecule has 162 valence electrons. The third kappa shape index (κ3) is 6.39. The number of carbonyl (C=O) groups is 1. The van der Waals surface area contributed by atoms with Crippen LogP contribution in [0.3, 0.4) is 0 Å². The Morgan fingerprint density at radius 1 is 1.03 bits per heavy atom. The molecule has 0 aromatic heterocycles. The van der Waals surface area contributed by atoms with Gasteiger partial charge in [0.25, 0.3) is 5.91 Å². The van der Waals surface area contributed by atoms with E-state index in [4.69, 9.17) is 21.1 Å². The van der Waals surface area contributed by atoms with Crippen LogP contribution in [0.25, 0.3) is 0 Å². The Hall–Kier alpha value is -2.70. The summed E-state index contributed by atoms with van der Waals surface area (Å²) >= 11 is 9.63. The molecule has 31 heavy (non-hydrogen) atoms. The summed E-state index contributed by atoms with van der Waals surface area (Å²) in [4.78, 5) is 12.3. The Labute approximate surface area is 195 Å². The van der Waals surface area contributed by atoms with Gasteiger partial charge in [0.1, 0.15) is 0 Å². The van der Waals surface area contributed by atoms with Gasteiger partial charge < -0.3 is 20.1 Å². The maximum absolute atomic E-state index is 12.3. The van der Waals surface area contributed by atoms with Gasteiger partial charge in [0.2, 0.25) is 0 Å². The van der Waals surface area contributed by atoms with Crippen molar-refractivity contribution in [3.8, 4) is 11.5 Å². The van der Waals surface area contributed by atoms with Gasteiger partial charge in [0, 0.05) is 22.9 Å². The third-order valence-corrected chi connectivity index (χ3v) is 5.64. The zero-order valence-corrected chi connectivity index (χ0v) is 19.9. The highest BCUT2D eigenvalue weighted by Crippen LogP contribution is 2.37. The Balaban J connectivity index is 1.63. The molecule has 0 aliphatic heterocycles. The standard InChI is InChI=1S/C24H24BrClN2O3/c1-15-4-7-18(8-5-15)27-13-17-10-20(25)24(22(11-17)30-3)31-14-23(29)28-19-9-6-16(2)21(26)12-19/h4-12,27H,13-14H2,1-3H3,(H,28,29). The van der Waals surface area contributed by atoms with Gasteiger partial charge in [-0.3, -0.25) is 4.79 Å². The van der Waals surface area contributed by atoms with Crippen molar-refractivity contribution >= 4 is 44.8 Å². The van der Waals surface area contributed by atoms with Gasteiger partial charge in [0.15, 0.2) is 18.1 Å². The zero-order valence-electron chi connectivity index (χ0n) is 17.6. The molecule has 0 spiro atoms. The fourth-order valence-corrected chi connectivity index (χ4v) is 3.68. The number of nitrogens with one attached hydrogen (secondary N) is 2. The average molecular weight is 504 g/mol. The molecule has 3 aromatic carbocycles. The van der Waals surface area contributed by atoms with E-state index in [1.807, 2.05) is 37.3 Å². The number of ether oxygens (including phenoxy) is 2. The number of halogens is 2. The van der Waals surface area contributed by atoms with Crippen LogP contribution in [0.2, 0.25) is 5.02 Å². The smallest absolute Gasteiger partial charge is 0.262 e. The summed E-state index contributed by atoms with van der Waals surface area (Å²) in [7, 11) is 1.57. The summed E-state index contributed by atoms with van der Waals surface area (Å²) in [6.07, 6.45) is 0. The van der Waals surface area contributed by atoms with E-state index < -0.39 is 0 Å². The van der Waals surface area contributed by atoms with E-state index in [9.17, 15) is 4.79 Å². The van der Waals surface area contributed by atoms with E-state index in [2.05, 4.69) is 45.6 Å². The Morgan fingerprint density at radius 2 is 1.74 bits per heavy atom. The van der Waals surface area contributed by atoms with Crippen LogP contribution in [-0.4, -0.2) is 19.6 Å². The van der Waals surface area contributed by atoms with Crippen molar-refractivity contribution in [1.29, 1.82) is 0 Å². The minimum Gasteiger partial charge on any atom is -0.493 e. The number of aryl methyl sites for hydroxylation is 2. The van der Waals surface area contributed by atoms with Crippen molar-refractivity contribution in [3.63, 3.8) is 0 Å². The molecule has 1 amide bonds. The van der Waals surface area contributed by atoms with Crippen molar-refractivity contribution in [2.75, 3.05) is 24.4 Å². The van der Waals surface area contributed by atoms with Crippen LogP contribution in [0, 0.1) is 13.8 Å². The largest absolute Gasteiger partial charge is 0.493 e. The molecule has 0 atom stereocenters. The Morgan fingerprint density at radius 3 is 2.42 bits per heavy atom. The van der Waals surface area contributed by atoms with E-state index in [-0.39, 0.29) is 12.5 Å². The second kappa shape index (κ2) is 10.6. The van der Waals surface area contributed by atoms with E-state index in [0.717, 1.165) is 16.8 Å². The zero-order chi connectivity index (χ0) is 22.4. The van der Waals surface area contributed by atoms with Crippen LogP contribution in [0.1, 0.15) is 16.7 Å². The summed E-state index contributed by atoms with van der Waals surface area (Å²) in [5.74, 6) is 0.721. The number of hydrogen-bond donors (Lipinski definition) is 2. The lowest BCUT2D eigenvalue weighted by Crippen LogP contribution is -2.20. The van der Waals surface area contributed by atoms with E-state index >= 15 is 0 Å². The minimum atomic E-state index is -0.293. The predicted octanol–water partition coefficient (Wildman–Crippen LogP) is 6.36. The van der Waals surface area contributed by atoms with E-state index in [1.54, 1.807) is 19.2 Å². The Bertz CT molecular complexity index is 1070. The molecule has 0 radical (unpaired) electrons. The molecule has 0 saturated heterocycles. The number of amides is 1. The molecule has 0 heterocycles. The van der Waals surface area contributed by atoms with E-state index in [0.29, 0.717) is 33.2 Å². The molecule has 0 aliphatic rings. The van der Waals surface area contributed by atoms with Crippen molar-refractivity contribution < 1.29 is 14.3 Å². The van der Waals surface area contributed by atoms with Crippen molar-refractivity contribution in [2.24, 2.45) is 0 Å². The highest BCUT2D eigenvalue weighted by atomic mass is 79.9. The number of carbonyl (C=O) groups excluding carboxylic acids is 1. The number of anilines is 2. The van der Waals surface area contributed by atoms with Crippen molar-refractivity contribution in [1.82, 2.24) is 0 Å². The van der Waals surface area contributed by atoms with Gasteiger partial charge in [-0.15, -0.1) is 0 Å². The summed E-state index contributed by atoms with van der Waals surface area (Å²) < 4.78 is 11.9. The van der Waals surface area contributed by atoms with Crippen LogP contribution in [0.5, 0.6) is 11.5 Å². The van der Waals surface area contributed by atoms with Crippen LogP contribution in [0.15, 0.2) is 59.1 Å². The number of hydrogen-bond acceptors (Lipinski definition) is 4. The third-order valence-electron chi connectivity index (χ3n) is 4.64. The predicted molar refractivity (Wildman–Crippen MR) is 130 cm³/mol. The van der Waals surface area contributed by atoms with Crippen molar-refractivity contribution in [2.45, 2.75) is 20.4 Å². The first-order valence-electron chi connectivity index (χ1n) is 9.71. The maximum atomic E-state index is 12.3. The van der Waals surface area contributed by atoms with Crippen LogP contribution in [-0.2, 0) is 11.3 Å². The molecule has 2 N–H and O–H groups in total.